The summed E-state index contributed by atoms with van der Waals surface area (Å²) in [6.07, 6.45) is 7.04. The molecule has 0 radical (unpaired) electrons. The largest absolute Gasteiger partial charge is 0.467 e. The maximum Gasteiger partial charge on any atom is 0.262 e. The molecule has 3 aliphatic rings. The molecular formula is C25H28N4O4S. The molecule has 3 heterocycles. The molecule has 2 aliphatic heterocycles. The molecule has 1 N–H and O–H groups in total. The molecule has 1 aliphatic carbocycles. The van der Waals surface area contributed by atoms with Gasteiger partial charge < -0.3 is 19.5 Å². The van der Waals surface area contributed by atoms with Crippen molar-refractivity contribution in [3.63, 3.8) is 0 Å². The van der Waals surface area contributed by atoms with Crippen LogP contribution in [0.2, 0.25) is 0 Å². The van der Waals surface area contributed by atoms with Crippen LogP contribution in [-0.2, 0) is 16.1 Å². The van der Waals surface area contributed by atoms with E-state index in [2.05, 4.69) is 15.2 Å². The van der Waals surface area contributed by atoms with Gasteiger partial charge in [0.1, 0.15) is 11.0 Å². The Hall–Kier alpha value is -3.07. The van der Waals surface area contributed by atoms with E-state index in [1.165, 1.54) is 18.2 Å². The number of furan rings is 1. The van der Waals surface area contributed by atoms with Crippen LogP contribution < -0.4 is 5.32 Å². The maximum atomic E-state index is 13.2. The second-order valence-corrected chi connectivity index (χ2v) is 10.1. The normalized spacial score (nSPS) is 20.2. The Labute approximate surface area is 202 Å². The predicted octanol–water partition coefficient (Wildman–Crippen LogP) is 3.90. The fourth-order valence-electron chi connectivity index (χ4n) is 4.33. The third kappa shape index (κ3) is 5.35. The Morgan fingerprint density at radius 2 is 1.97 bits per heavy atom. The highest BCUT2D eigenvalue weighted by atomic mass is 32.2. The van der Waals surface area contributed by atoms with Crippen molar-refractivity contribution in [2.45, 2.75) is 56.4 Å². The standard InChI is InChI=1S/C25H28N4O4S/c30-22(15-21-23(31)27-25(34-21)28-11-2-1-3-12-28)26-18-7-4-6-17(14-18)24(32)29(19-9-10-19)16-20-8-5-13-33-20/h4-8,13-14,19,21H,1-3,9-12,15-16H2,(H,26,30). The molecule has 1 unspecified atom stereocenters. The van der Waals surface area contributed by atoms with Crippen LogP contribution in [0.1, 0.15) is 54.6 Å². The van der Waals surface area contributed by atoms with Crippen LogP contribution in [0.15, 0.2) is 52.1 Å². The molecule has 34 heavy (non-hydrogen) atoms. The van der Waals surface area contributed by atoms with Gasteiger partial charge in [-0.15, -0.1) is 0 Å². The van der Waals surface area contributed by atoms with E-state index < -0.39 is 5.25 Å². The van der Waals surface area contributed by atoms with E-state index in [9.17, 15) is 14.4 Å². The number of thioether (sulfide) groups is 1. The van der Waals surface area contributed by atoms with Crippen LogP contribution in [-0.4, -0.2) is 57.1 Å². The third-order valence-electron chi connectivity index (χ3n) is 6.27. The first-order chi connectivity index (χ1) is 16.6. The van der Waals surface area contributed by atoms with Gasteiger partial charge in [-0.25, -0.2) is 0 Å². The van der Waals surface area contributed by atoms with E-state index in [1.54, 1.807) is 30.5 Å². The molecule has 178 valence electrons. The number of carbonyl (C=O) groups excluding carboxylic acids is 3. The van der Waals surface area contributed by atoms with Crippen molar-refractivity contribution < 1.29 is 18.8 Å². The number of hydrogen-bond acceptors (Lipinski definition) is 6. The lowest BCUT2D eigenvalue weighted by Crippen LogP contribution is -2.33. The zero-order valence-electron chi connectivity index (χ0n) is 18.9. The van der Waals surface area contributed by atoms with Gasteiger partial charge in [-0.3, -0.25) is 14.4 Å². The van der Waals surface area contributed by atoms with Crippen LogP contribution in [0.5, 0.6) is 0 Å². The van der Waals surface area contributed by atoms with Crippen molar-refractivity contribution in [3.8, 4) is 0 Å². The molecule has 2 aromatic rings. The first kappa shape index (κ1) is 22.7. The molecule has 8 nitrogen and oxygen atoms in total. The monoisotopic (exact) mass is 480 g/mol. The third-order valence-corrected chi connectivity index (χ3v) is 7.49. The van der Waals surface area contributed by atoms with Crippen LogP contribution >= 0.6 is 11.8 Å². The van der Waals surface area contributed by atoms with Gasteiger partial charge in [0.05, 0.1) is 12.8 Å². The fourth-order valence-corrected chi connectivity index (χ4v) is 5.45. The number of aliphatic imine (C=N–C) groups is 1. The van der Waals surface area contributed by atoms with Gasteiger partial charge in [0.15, 0.2) is 5.17 Å². The molecule has 1 atom stereocenters. The summed E-state index contributed by atoms with van der Waals surface area (Å²) in [5.41, 5.74) is 1.05. The highest BCUT2D eigenvalue weighted by Gasteiger charge is 2.35. The van der Waals surface area contributed by atoms with Gasteiger partial charge in [-0.05, 0) is 62.4 Å². The average Bonchev–Trinajstić information content (AvgIpc) is 3.44. The number of likely N-dealkylation sites (tertiary alicyclic amines) is 1. The van der Waals surface area contributed by atoms with Crippen molar-refractivity contribution in [3.05, 3.63) is 54.0 Å². The molecule has 5 rings (SSSR count). The van der Waals surface area contributed by atoms with E-state index in [4.69, 9.17) is 4.42 Å². The lowest BCUT2D eigenvalue weighted by molar-refractivity contribution is -0.121. The number of carbonyl (C=O) groups is 3. The zero-order valence-corrected chi connectivity index (χ0v) is 19.8. The zero-order chi connectivity index (χ0) is 23.5. The van der Waals surface area contributed by atoms with Gasteiger partial charge in [-0.2, -0.15) is 4.99 Å². The fraction of sp³-hybridized carbons (Fsp3) is 0.440. The molecule has 1 saturated heterocycles. The lowest BCUT2D eigenvalue weighted by atomic mass is 10.1. The maximum absolute atomic E-state index is 13.2. The second-order valence-electron chi connectivity index (χ2n) is 8.96. The summed E-state index contributed by atoms with van der Waals surface area (Å²) in [7, 11) is 0. The Morgan fingerprint density at radius 1 is 1.15 bits per heavy atom. The average molecular weight is 481 g/mol. The topological polar surface area (TPSA) is 95.2 Å². The van der Waals surface area contributed by atoms with Crippen molar-refractivity contribution in [2.75, 3.05) is 18.4 Å². The van der Waals surface area contributed by atoms with Crippen LogP contribution in [0, 0.1) is 0 Å². The van der Waals surface area contributed by atoms with Crippen molar-refractivity contribution in [2.24, 2.45) is 4.99 Å². The van der Waals surface area contributed by atoms with E-state index in [0.29, 0.717) is 17.8 Å². The molecule has 0 spiro atoms. The Kier molecular flexibility index (Phi) is 6.71. The Bertz CT molecular complexity index is 1090. The summed E-state index contributed by atoms with van der Waals surface area (Å²) in [6.45, 7) is 2.25. The van der Waals surface area contributed by atoms with Crippen molar-refractivity contribution >= 4 is 40.3 Å². The SMILES string of the molecule is O=C(CC1SC(N2CCCCC2)=NC1=O)Nc1cccc(C(=O)N(Cc2ccco2)C2CC2)c1. The summed E-state index contributed by atoms with van der Waals surface area (Å²) in [5, 5.41) is 3.09. The molecular weight excluding hydrogens is 452 g/mol. The number of amides is 3. The van der Waals surface area contributed by atoms with Crippen LogP contribution in [0.3, 0.4) is 0 Å². The van der Waals surface area contributed by atoms with Crippen molar-refractivity contribution in [1.29, 1.82) is 0 Å². The highest BCUT2D eigenvalue weighted by Crippen LogP contribution is 2.31. The summed E-state index contributed by atoms with van der Waals surface area (Å²) in [4.78, 5) is 46.4. The predicted molar refractivity (Wildman–Crippen MR) is 131 cm³/mol. The lowest BCUT2D eigenvalue weighted by Gasteiger charge is -2.27. The summed E-state index contributed by atoms with van der Waals surface area (Å²) in [6, 6.07) is 10.9. The van der Waals surface area contributed by atoms with Gasteiger partial charge in [0.2, 0.25) is 5.91 Å². The number of amidine groups is 1. The Balaban J connectivity index is 1.19. The van der Waals surface area contributed by atoms with Gasteiger partial charge in [0.25, 0.3) is 11.8 Å². The number of anilines is 1. The first-order valence-corrected chi connectivity index (χ1v) is 12.7. The summed E-state index contributed by atoms with van der Waals surface area (Å²) < 4.78 is 5.43. The minimum atomic E-state index is -0.500. The number of benzene rings is 1. The van der Waals surface area contributed by atoms with E-state index in [-0.39, 0.29) is 30.2 Å². The van der Waals surface area contributed by atoms with Crippen molar-refractivity contribution in [1.82, 2.24) is 9.80 Å². The summed E-state index contributed by atoms with van der Waals surface area (Å²) >= 11 is 1.38. The van der Waals surface area contributed by atoms with E-state index in [0.717, 1.165) is 49.7 Å². The number of nitrogens with one attached hydrogen (secondary N) is 1. The minimum absolute atomic E-state index is 0.0508. The Morgan fingerprint density at radius 3 is 2.71 bits per heavy atom. The van der Waals surface area contributed by atoms with E-state index >= 15 is 0 Å². The number of rotatable bonds is 7. The highest BCUT2D eigenvalue weighted by molar-refractivity contribution is 8.15. The quantitative estimate of drug-likeness (QED) is 0.646. The van der Waals surface area contributed by atoms with Crippen LogP contribution in [0.25, 0.3) is 0 Å². The van der Waals surface area contributed by atoms with E-state index in [1.807, 2.05) is 17.0 Å². The van der Waals surface area contributed by atoms with Crippen LogP contribution in [0.4, 0.5) is 5.69 Å². The van der Waals surface area contributed by atoms with Gasteiger partial charge >= 0.3 is 0 Å². The van der Waals surface area contributed by atoms with Gasteiger partial charge in [0, 0.05) is 36.8 Å². The second kappa shape index (κ2) is 10.0. The molecule has 1 aromatic heterocycles. The summed E-state index contributed by atoms with van der Waals surface area (Å²) in [5.74, 6) is 0.147. The molecule has 9 heteroatoms. The number of nitrogens with zero attached hydrogens (tertiary/aromatic N) is 3. The minimum Gasteiger partial charge on any atom is -0.467 e. The molecule has 0 bridgehead atoms. The molecule has 2 fully saturated rings. The molecule has 1 aromatic carbocycles. The van der Waals surface area contributed by atoms with Gasteiger partial charge in [-0.1, -0.05) is 17.8 Å². The molecule has 1 saturated carbocycles. The smallest absolute Gasteiger partial charge is 0.262 e. The molecule has 3 amide bonds. The number of piperidine rings is 1. The first-order valence-electron chi connectivity index (χ1n) is 11.8. The number of hydrogen-bond donors (Lipinski definition) is 1.